The highest BCUT2D eigenvalue weighted by molar-refractivity contribution is 7.92. The van der Waals surface area contributed by atoms with Crippen molar-refractivity contribution in [1.82, 2.24) is 5.32 Å². The maximum Gasteiger partial charge on any atom is 0.289 e. The summed E-state index contributed by atoms with van der Waals surface area (Å²) in [6.45, 7) is 7.62. The highest BCUT2D eigenvalue weighted by Crippen LogP contribution is 2.32. The lowest BCUT2D eigenvalue weighted by atomic mass is 10.1. The number of nitrogens with zero attached hydrogens (tertiary/aromatic N) is 2. The first-order chi connectivity index (χ1) is 14.4. The van der Waals surface area contributed by atoms with E-state index >= 15 is 0 Å². The minimum absolute atomic E-state index is 0.173. The van der Waals surface area contributed by atoms with E-state index in [2.05, 4.69) is 5.32 Å². The number of hydrogen-bond acceptors (Lipinski definition) is 5. The van der Waals surface area contributed by atoms with Gasteiger partial charge in [-0.05, 0) is 49.9 Å². The van der Waals surface area contributed by atoms with Gasteiger partial charge in [-0.3, -0.25) is 19.2 Å². The molecule has 0 radical (unpaired) electrons. The molecule has 0 saturated carbocycles. The molecule has 0 atom stereocenters. The zero-order chi connectivity index (χ0) is 23.3. The molecular formula is C21H26ClN3O5S. The summed E-state index contributed by atoms with van der Waals surface area (Å²) in [5, 5.41) is 13.8. The van der Waals surface area contributed by atoms with E-state index in [0.29, 0.717) is 23.7 Å². The van der Waals surface area contributed by atoms with Gasteiger partial charge in [0.15, 0.2) is 0 Å². The first-order valence-electron chi connectivity index (χ1n) is 9.74. The van der Waals surface area contributed by atoms with E-state index in [0.717, 1.165) is 28.4 Å². The van der Waals surface area contributed by atoms with Crippen LogP contribution in [0.5, 0.6) is 0 Å². The van der Waals surface area contributed by atoms with Crippen LogP contribution in [0.2, 0.25) is 5.02 Å². The summed E-state index contributed by atoms with van der Waals surface area (Å²) >= 11 is 5.83. The van der Waals surface area contributed by atoms with E-state index in [-0.39, 0.29) is 9.92 Å². The summed E-state index contributed by atoms with van der Waals surface area (Å²) in [6.07, 6.45) is 0.755. The molecule has 0 bridgehead atoms. The van der Waals surface area contributed by atoms with Gasteiger partial charge >= 0.3 is 0 Å². The van der Waals surface area contributed by atoms with E-state index in [4.69, 9.17) is 11.6 Å². The predicted octanol–water partition coefficient (Wildman–Crippen LogP) is 4.22. The first kappa shape index (κ1) is 24.6. The largest absolute Gasteiger partial charge is 0.355 e. The summed E-state index contributed by atoms with van der Waals surface area (Å²) in [6, 6.07) is 8.43. The van der Waals surface area contributed by atoms with Crippen LogP contribution >= 0.6 is 11.6 Å². The fourth-order valence-electron chi connectivity index (χ4n) is 2.99. The Balaban J connectivity index is 2.49. The molecule has 0 heterocycles. The third kappa shape index (κ3) is 6.18. The molecule has 10 heteroatoms. The van der Waals surface area contributed by atoms with E-state index in [1.54, 1.807) is 25.1 Å². The molecule has 0 aliphatic heterocycles. The SMILES string of the molecule is Cc1ccc(N(CC(=O)NCCC(C)C)S(=O)(=O)c2ccc(Cl)c([N+](=O)[O-])c2)c(C)c1. The Morgan fingerprint density at radius 3 is 2.45 bits per heavy atom. The average Bonchev–Trinajstić information content (AvgIpc) is 2.66. The molecule has 0 aliphatic rings. The Labute approximate surface area is 187 Å². The van der Waals surface area contributed by atoms with Gasteiger partial charge in [0.05, 0.1) is 15.5 Å². The number of carbonyl (C=O) groups excluding carboxylic acids is 1. The molecule has 1 amide bonds. The first-order valence-corrected chi connectivity index (χ1v) is 11.6. The molecule has 31 heavy (non-hydrogen) atoms. The number of nitro benzene ring substituents is 1. The lowest BCUT2D eigenvalue weighted by molar-refractivity contribution is -0.384. The molecule has 2 aromatic rings. The van der Waals surface area contributed by atoms with Crippen molar-refractivity contribution in [2.45, 2.75) is 39.0 Å². The van der Waals surface area contributed by atoms with Gasteiger partial charge < -0.3 is 5.32 Å². The van der Waals surface area contributed by atoms with Gasteiger partial charge in [-0.2, -0.15) is 0 Å². The van der Waals surface area contributed by atoms with Gasteiger partial charge in [0.25, 0.3) is 15.7 Å². The quantitative estimate of drug-likeness (QED) is 0.438. The Bertz CT molecular complexity index is 1090. The van der Waals surface area contributed by atoms with Gasteiger partial charge in [0.2, 0.25) is 5.91 Å². The van der Waals surface area contributed by atoms with E-state index in [1.807, 2.05) is 20.8 Å². The molecule has 0 unspecified atom stereocenters. The van der Waals surface area contributed by atoms with Crippen LogP contribution in [0.1, 0.15) is 31.4 Å². The number of carbonyl (C=O) groups is 1. The zero-order valence-electron chi connectivity index (χ0n) is 17.9. The van der Waals surface area contributed by atoms with Crippen molar-refractivity contribution in [3.05, 3.63) is 62.7 Å². The number of nitro groups is 1. The van der Waals surface area contributed by atoms with E-state index in [1.165, 1.54) is 6.07 Å². The zero-order valence-corrected chi connectivity index (χ0v) is 19.5. The normalized spacial score (nSPS) is 11.4. The molecule has 8 nitrogen and oxygen atoms in total. The van der Waals surface area contributed by atoms with Crippen LogP contribution < -0.4 is 9.62 Å². The van der Waals surface area contributed by atoms with Gasteiger partial charge in [-0.15, -0.1) is 0 Å². The second kappa shape index (κ2) is 10.1. The average molecular weight is 468 g/mol. The summed E-state index contributed by atoms with van der Waals surface area (Å²) < 4.78 is 27.9. The van der Waals surface area contributed by atoms with Crippen molar-refractivity contribution in [2.75, 3.05) is 17.4 Å². The summed E-state index contributed by atoms with van der Waals surface area (Å²) in [4.78, 5) is 22.7. The van der Waals surface area contributed by atoms with Gasteiger partial charge in [0.1, 0.15) is 11.6 Å². The Morgan fingerprint density at radius 2 is 1.87 bits per heavy atom. The Hall–Kier alpha value is -2.65. The van der Waals surface area contributed by atoms with Crippen molar-refractivity contribution in [3.63, 3.8) is 0 Å². The molecule has 0 spiro atoms. The van der Waals surface area contributed by atoms with Crippen LogP contribution in [0.25, 0.3) is 0 Å². The minimum atomic E-state index is -4.29. The number of nitrogens with one attached hydrogen (secondary N) is 1. The molecule has 2 rings (SSSR count). The van der Waals surface area contributed by atoms with Gasteiger partial charge in [-0.25, -0.2) is 8.42 Å². The van der Waals surface area contributed by atoms with Crippen molar-refractivity contribution in [1.29, 1.82) is 0 Å². The van der Waals surface area contributed by atoms with E-state index in [9.17, 15) is 23.3 Å². The van der Waals surface area contributed by atoms with Crippen LogP contribution in [0.3, 0.4) is 0 Å². The van der Waals surface area contributed by atoms with Crippen LogP contribution in [0.4, 0.5) is 11.4 Å². The smallest absolute Gasteiger partial charge is 0.289 e. The standard InChI is InChI=1S/C21H26ClN3O5S/c1-14(2)9-10-23-21(26)13-24(19-8-5-15(3)11-16(19)4)31(29,30)17-6-7-18(22)20(12-17)25(27)28/h5-8,11-12,14H,9-10,13H2,1-4H3,(H,23,26). The number of sulfonamides is 1. The van der Waals surface area contributed by atoms with Crippen molar-refractivity contribution >= 4 is 38.9 Å². The number of benzene rings is 2. The van der Waals surface area contributed by atoms with Crippen molar-refractivity contribution in [2.24, 2.45) is 5.92 Å². The predicted molar refractivity (Wildman–Crippen MR) is 121 cm³/mol. The molecule has 0 aromatic heterocycles. The molecule has 0 fully saturated rings. The number of hydrogen-bond donors (Lipinski definition) is 1. The van der Waals surface area contributed by atoms with Gasteiger partial charge in [0, 0.05) is 12.6 Å². The van der Waals surface area contributed by atoms with Gasteiger partial charge in [-0.1, -0.05) is 43.1 Å². The summed E-state index contributed by atoms with van der Waals surface area (Å²) in [5.74, 6) is -0.0817. The second-order valence-corrected chi connectivity index (χ2v) is 9.97. The van der Waals surface area contributed by atoms with Crippen molar-refractivity contribution in [3.8, 4) is 0 Å². The maximum atomic E-state index is 13.5. The Kier molecular flexibility index (Phi) is 8.02. The van der Waals surface area contributed by atoms with Crippen LogP contribution in [-0.2, 0) is 14.8 Å². The molecule has 2 aromatic carbocycles. The highest BCUT2D eigenvalue weighted by Gasteiger charge is 2.30. The fraction of sp³-hybridized carbons (Fsp3) is 0.381. The number of anilines is 1. The molecule has 0 saturated heterocycles. The topological polar surface area (TPSA) is 110 Å². The summed E-state index contributed by atoms with van der Waals surface area (Å²) in [5.41, 5.74) is 1.39. The lowest BCUT2D eigenvalue weighted by Crippen LogP contribution is -2.41. The third-order valence-corrected chi connectivity index (χ3v) is 6.73. The van der Waals surface area contributed by atoms with Crippen LogP contribution in [-0.4, -0.2) is 32.3 Å². The fourth-order valence-corrected chi connectivity index (χ4v) is 4.68. The summed E-state index contributed by atoms with van der Waals surface area (Å²) in [7, 11) is -4.29. The highest BCUT2D eigenvalue weighted by atomic mass is 35.5. The Morgan fingerprint density at radius 1 is 1.19 bits per heavy atom. The van der Waals surface area contributed by atoms with Crippen LogP contribution in [0, 0.1) is 29.9 Å². The number of aryl methyl sites for hydroxylation is 2. The molecule has 0 aliphatic carbocycles. The molecular weight excluding hydrogens is 442 g/mol. The van der Waals surface area contributed by atoms with Crippen LogP contribution in [0.15, 0.2) is 41.3 Å². The molecule has 1 N–H and O–H groups in total. The minimum Gasteiger partial charge on any atom is -0.355 e. The number of rotatable bonds is 9. The monoisotopic (exact) mass is 467 g/mol. The third-order valence-electron chi connectivity index (χ3n) is 4.65. The van der Waals surface area contributed by atoms with Crippen molar-refractivity contribution < 1.29 is 18.1 Å². The van der Waals surface area contributed by atoms with E-state index < -0.39 is 33.1 Å². The molecule has 168 valence electrons. The number of amides is 1. The maximum absolute atomic E-state index is 13.5. The lowest BCUT2D eigenvalue weighted by Gasteiger charge is -2.26. The number of halogens is 1. The second-order valence-electron chi connectivity index (χ2n) is 7.70.